The number of nitrogens with one attached hydrogen (secondary N) is 1. The molecule has 0 saturated carbocycles. The summed E-state index contributed by atoms with van der Waals surface area (Å²) in [7, 11) is 1.69. The molecule has 3 aromatic rings. The van der Waals surface area contributed by atoms with Gasteiger partial charge in [0.1, 0.15) is 11.3 Å². The fourth-order valence-electron chi connectivity index (χ4n) is 2.93. The molecule has 5 heteroatoms. The normalized spacial score (nSPS) is 10.5. The highest BCUT2D eigenvalue weighted by Gasteiger charge is 2.15. The average Bonchev–Trinajstić information content (AvgIpc) is 2.71. The van der Waals surface area contributed by atoms with Crippen molar-refractivity contribution in [3.63, 3.8) is 0 Å². The van der Waals surface area contributed by atoms with E-state index in [-0.39, 0.29) is 17.0 Å². The number of rotatable bonds is 7. The van der Waals surface area contributed by atoms with E-state index in [1.54, 1.807) is 24.1 Å². The molecule has 2 aromatic carbocycles. The highest BCUT2D eigenvalue weighted by atomic mass is 16.5. The van der Waals surface area contributed by atoms with Gasteiger partial charge in [-0.15, -0.1) is 0 Å². The lowest BCUT2D eigenvalue weighted by atomic mass is 10.1. The summed E-state index contributed by atoms with van der Waals surface area (Å²) in [6, 6.07) is 20.7. The molecule has 0 aliphatic rings. The van der Waals surface area contributed by atoms with Crippen LogP contribution in [0.5, 0.6) is 5.75 Å². The second-order valence-electron chi connectivity index (χ2n) is 6.73. The fraction of sp³-hybridized carbons (Fsp3) is 0.217. The van der Waals surface area contributed by atoms with Gasteiger partial charge in [0.2, 0.25) is 0 Å². The first kappa shape index (κ1) is 19.4. The highest BCUT2D eigenvalue weighted by Crippen LogP contribution is 2.15. The molecule has 0 unspecified atom stereocenters. The van der Waals surface area contributed by atoms with Crippen molar-refractivity contribution in [2.24, 2.45) is 0 Å². The molecule has 28 heavy (non-hydrogen) atoms. The minimum absolute atomic E-state index is 0.141. The summed E-state index contributed by atoms with van der Waals surface area (Å²) in [5, 5.41) is 0. The lowest BCUT2D eigenvalue weighted by Crippen LogP contribution is -2.33. The van der Waals surface area contributed by atoms with Gasteiger partial charge in [0, 0.05) is 19.3 Å². The number of hydrogen-bond acceptors (Lipinski definition) is 3. The summed E-state index contributed by atoms with van der Waals surface area (Å²) in [4.78, 5) is 29.3. The maximum Gasteiger partial charge on any atom is 0.261 e. The zero-order valence-corrected chi connectivity index (χ0v) is 16.1. The first-order valence-electron chi connectivity index (χ1n) is 9.28. The van der Waals surface area contributed by atoms with E-state index in [0.717, 1.165) is 16.9 Å². The summed E-state index contributed by atoms with van der Waals surface area (Å²) in [5.74, 6) is 0.526. The Morgan fingerprint density at radius 1 is 1.04 bits per heavy atom. The van der Waals surface area contributed by atoms with Crippen molar-refractivity contribution in [1.29, 1.82) is 0 Å². The van der Waals surface area contributed by atoms with E-state index in [2.05, 4.69) is 4.98 Å². The minimum Gasteiger partial charge on any atom is -0.494 e. The molecule has 0 atom stereocenters. The number of carbonyl (C=O) groups is 1. The lowest BCUT2D eigenvalue weighted by Gasteiger charge is -2.17. The molecule has 1 amide bonds. The van der Waals surface area contributed by atoms with Gasteiger partial charge in [0.05, 0.1) is 6.61 Å². The summed E-state index contributed by atoms with van der Waals surface area (Å²) >= 11 is 0. The van der Waals surface area contributed by atoms with E-state index in [9.17, 15) is 9.59 Å². The van der Waals surface area contributed by atoms with Crippen molar-refractivity contribution in [2.45, 2.75) is 13.3 Å². The third kappa shape index (κ3) is 4.88. The number of hydrogen-bond donors (Lipinski definition) is 1. The van der Waals surface area contributed by atoms with Crippen LogP contribution in [0.1, 0.15) is 22.3 Å². The van der Waals surface area contributed by atoms with Gasteiger partial charge in [-0.3, -0.25) is 9.59 Å². The molecule has 144 valence electrons. The molecular formula is C23H24N2O3. The number of carbonyl (C=O) groups excluding carboxylic acids is 1. The number of aromatic nitrogens is 1. The van der Waals surface area contributed by atoms with E-state index < -0.39 is 0 Å². The topological polar surface area (TPSA) is 62.4 Å². The minimum atomic E-state index is -0.380. The first-order chi connectivity index (χ1) is 13.5. The van der Waals surface area contributed by atoms with Crippen molar-refractivity contribution < 1.29 is 9.53 Å². The molecule has 0 aliphatic carbocycles. The van der Waals surface area contributed by atoms with Crippen molar-refractivity contribution >= 4 is 5.91 Å². The standard InChI is InChI=1S/C23H24N2O3/c1-17-8-6-11-19(16-17)28-15-7-14-25(2)23(27)20-12-13-21(24-22(20)26)18-9-4-3-5-10-18/h3-6,8-13,16H,7,14-15H2,1-2H3,(H,24,26). The molecule has 5 nitrogen and oxygen atoms in total. The number of pyridine rings is 1. The SMILES string of the molecule is Cc1cccc(OCCCN(C)C(=O)c2ccc(-c3ccccc3)[nH]c2=O)c1. The molecule has 1 N–H and O–H groups in total. The van der Waals surface area contributed by atoms with E-state index >= 15 is 0 Å². The van der Waals surface area contributed by atoms with E-state index in [4.69, 9.17) is 4.74 Å². The van der Waals surface area contributed by atoms with Crippen LogP contribution in [0.15, 0.2) is 71.5 Å². The van der Waals surface area contributed by atoms with Crippen LogP contribution in [-0.2, 0) is 0 Å². The molecule has 1 heterocycles. The molecule has 0 aliphatic heterocycles. The quantitative estimate of drug-likeness (QED) is 0.636. The van der Waals surface area contributed by atoms with Gasteiger partial charge in [-0.1, -0.05) is 42.5 Å². The maximum atomic E-state index is 12.6. The lowest BCUT2D eigenvalue weighted by molar-refractivity contribution is 0.0786. The average molecular weight is 376 g/mol. The van der Waals surface area contributed by atoms with Crippen LogP contribution in [0.3, 0.4) is 0 Å². The molecule has 0 radical (unpaired) electrons. The summed E-state index contributed by atoms with van der Waals surface area (Å²) < 4.78 is 5.71. The largest absolute Gasteiger partial charge is 0.494 e. The third-order valence-electron chi connectivity index (χ3n) is 4.47. The van der Waals surface area contributed by atoms with E-state index in [1.165, 1.54) is 0 Å². The second kappa shape index (κ2) is 9.04. The van der Waals surface area contributed by atoms with Crippen molar-refractivity contribution in [1.82, 2.24) is 9.88 Å². The molecule has 0 saturated heterocycles. The Morgan fingerprint density at radius 2 is 1.82 bits per heavy atom. The van der Waals surface area contributed by atoms with Gasteiger partial charge >= 0.3 is 0 Å². The number of nitrogens with zero attached hydrogens (tertiary/aromatic N) is 1. The number of H-pyrrole nitrogens is 1. The van der Waals surface area contributed by atoms with Crippen molar-refractivity contribution in [3.05, 3.63) is 88.2 Å². The monoisotopic (exact) mass is 376 g/mol. The Labute approximate surface area is 164 Å². The van der Waals surface area contributed by atoms with Crippen molar-refractivity contribution in [2.75, 3.05) is 20.2 Å². The number of amides is 1. The Kier molecular flexibility index (Phi) is 6.27. The summed E-state index contributed by atoms with van der Waals surface area (Å²) in [6.07, 6.45) is 0.677. The van der Waals surface area contributed by atoms with Crippen molar-refractivity contribution in [3.8, 4) is 17.0 Å². The molecule has 0 bridgehead atoms. The highest BCUT2D eigenvalue weighted by molar-refractivity contribution is 5.93. The van der Waals surface area contributed by atoms with Gasteiger partial charge in [-0.05, 0) is 48.7 Å². The Hall–Kier alpha value is -3.34. The molecular weight excluding hydrogens is 352 g/mol. The number of aromatic amines is 1. The van der Waals surface area contributed by atoms with Crippen LogP contribution in [0, 0.1) is 6.92 Å². The predicted octanol–water partition coefficient (Wildman–Crippen LogP) is 3.89. The van der Waals surface area contributed by atoms with Crippen LogP contribution in [-0.4, -0.2) is 36.0 Å². The smallest absolute Gasteiger partial charge is 0.261 e. The number of benzene rings is 2. The Balaban J connectivity index is 1.56. The second-order valence-corrected chi connectivity index (χ2v) is 6.73. The van der Waals surface area contributed by atoms with Crippen LogP contribution in [0.4, 0.5) is 0 Å². The third-order valence-corrected chi connectivity index (χ3v) is 4.47. The predicted molar refractivity (Wildman–Crippen MR) is 111 cm³/mol. The summed E-state index contributed by atoms with van der Waals surface area (Å²) in [6.45, 7) is 3.02. The number of aryl methyl sites for hydroxylation is 1. The van der Waals surface area contributed by atoms with Crippen LogP contribution in [0.2, 0.25) is 0 Å². The number of ether oxygens (including phenoxy) is 1. The van der Waals surface area contributed by atoms with Crippen LogP contribution >= 0.6 is 0 Å². The molecule has 0 spiro atoms. The van der Waals surface area contributed by atoms with E-state index in [0.29, 0.717) is 25.3 Å². The van der Waals surface area contributed by atoms with Crippen LogP contribution in [0.25, 0.3) is 11.3 Å². The maximum absolute atomic E-state index is 12.6. The molecule has 0 fully saturated rings. The first-order valence-corrected chi connectivity index (χ1v) is 9.28. The van der Waals surface area contributed by atoms with Gasteiger partial charge in [0.15, 0.2) is 0 Å². The Bertz CT molecular complexity index is 996. The van der Waals surface area contributed by atoms with Gasteiger partial charge in [-0.2, -0.15) is 0 Å². The zero-order valence-electron chi connectivity index (χ0n) is 16.1. The molecule has 3 rings (SSSR count). The zero-order chi connectivity index (χ0) is 19.9. The summed E-state index contributed by atoms with van der Waals surface area (Å²) in [5.41, 5.74) is 2.50. The Morgan fingerprint density at radius 3 is 2.54 bits per heavy atom. The van der Waals surface area contributed by atoms with Gasteiger partial charge in [0.25, 0.3) is 11.5 Å². The van der Waals surface area contributed by atoms with Gasteiger partial charge < -0.3 is 14.6 Å². The molecule has 1 aromatic heterocycles. The fourth-order valence-corrected chi connectivity index (χ4v) is 2.93. The van der Waals surface area contributed by atoms with Gasteiger partial charge in [-0.25, -0.2) is 0 Å². The van der Waals surface area contributed by atoms with Crippen LogP contribution < -0.4 is 10.3 Å². The van der Waals surface area contributed by atoms with E-state index in [1.807, 2.05) is 61.5 Å².